The zero-order valence-corrected chi connectivity index (χ0v) is 15.8. The molecule has 1 unspecified atom stereocenters. The van der Waals surface area contributed by atoms with Gasteiger partial charge in [0.1, 0.15) is 11.0 Å². The maximum absolute atomic E-state index is 12.8. The van der Waals surface area contributed by atoms with Crippen molar-refractivity contribution >= 4 is 11.9 Å². The molecule has 144 valence electrons. The highest BCUT2D eigenvalue weighted by Gasteiger charge is 2.39. The molecule has 0 aliphatic heterocycles. The minimum atomic E-state index is -1.27. The lowest BCUT2D eigenvalue weighted by Gasteiger charge is -2.29. The van der Waals surface area contributed by atoms with Crippen LogP contribution >= 0.6 is 0 Å². The summed E-state index contributed by atoms with van der Waals surface area (Å²) < 4.78 is 0. The van der Waals surface area contributed by atoms with E-state index in [1.54, 1.807) is 37.3 Å². The summed E-state index contributed by atoms with van der Waals surface area (Å²) in [5, 5.41) is 18.9. The normalized spacial score (nSPS) is 13.0. The van der Waals surface area contributed by atoms with Crippen molar-refractivity contribution in [2.75, 3.05) is 6.54 Å². The lowest BCUT2D eigenvalue weighted by molar-refractivity contribution is -0.143. The van der Waals surface area contributed by atoms with Gasteiger partial charge in [-0.25, -0.2) is 5.10 Å². The Morgan fingerprint density at radius 2 is 1.81 bits per heavy atom. The van der Waals surface area contributed by atoms with Gasteiger partial charge in [0.15, 0.2) is 0 Å². The van der Waals surface area contributed by atoms with Crippen LogP contribution in [-0.4, -0.2) is 33.7 Å². The number of aryl methyl sites for hydroxylation is 1. The molecule has 0 bridgehead atoms. The van der Waals surface area contributed by atoms with E-state index in [-0.39, 0.29) is 12.1 Å². The molecule has 0 aliphatic rings. The molecule has 3 N–H and O–H groups in total. The second kappa shape index (κ2) is 8.62. The fourth-order valence-corrected chi connectivity index (χ4v) is 3.29. The van der Waals surface area contributed by atoms with Crippen molar-refractivity contribution < 1.29 is 14.7 Å². The molecule has 0 saturated heterocycles. The number of carbonyl (C=O) groups excluding carboxylic acids is 1. The minimum absolute atomic E-state index is 0.00723. The topological polar surface area (TPSA) is 112 Å². The Labute approximate surface area is 157 Å². The number of amides is 1. The molecule has 0 saturated carbocycles. The van der Waals surface area contributed by atoms with Gasteiger partial charge in [0, 0.05) is 6.54 Å². The highest BCUT2D eigenvalue weighted by molar-refractivity contribution is 5.96. The van der Waals surface area contributed by atoms with Crippen LogP contribution in [0, 0.1) is 0 Å². The Morgan fingerprint density at radius 1 is 1.15 bits per heavy atom. The van der Waals surface area contributed by atoms with E-state index in [9.17, 15) is 19.5 Å². The first-order valence-corrected chi connectivity index (χ1v) is 9.08. The van der Waals surface area contributed by atoms with Crippen molar-refractivity contribution in [3.8, 4) is 0 Å². The van der Waals surface area contributed by atoms with Gasteiger partial charge in [-0.3, -0.25) is 14.4 Å². The van der Waals surface area contributed by atoms with Gasteiger partial charge >= 0.3 is 5.97 Å². The Bertz CT molecular complexity index is 877. The van der Waals surface area contributed by atoms with Crippen molar-refractivity contribution in [2.45, 2.75) is 45.4 Å². The molecule has 1 atom stereocenters. The van der Waals surface area contributed by atoms with Crippen LogP contribution in [0.2, 0.25) is 0 Å². The molecule has 27 heavy (non-hydrogen) atoms. The van der Waals surface area contributed by atoms with Crippen molar-refractivity contribution in [3.05, 3.63) is 63.1 Å². The first-order valence-electron chi connectivity index (χ1n) is 9.08. The SMILES string of the molecule is CCc1n[nH]c(=O)c(C(=O)NCC(CC)(C(=O)O)c2ccccc2)c1CC. The maximum atomic E-state index is 12.8. The summed E-state index contributed by atoms with van der Waals surface area (Å²) >= 11 is 0. The standard InChI is InChI=1S/C20H25N3O4/c1-4-14-15(5-2)22-23-18(25)16(14)17(24)21-12-20(6-3,19(26)27)13-10-8-7-9-11-13/h7-11H,4-6,12H2,1-3H3,(H,21,24)(H,23,25)(H,26,27). The number of aromatic nitrogens is 2. The van der Waals surface area contributed by atoms with Gasteiger partial charge in [-0.15, -0.1) is 0 Å². The molecule has 0 aliphatic carbocycles. The molecular formula is C20H25N3O4. The molecule has 1 aromatic carbocycles. The van der Waals surface area contributed by atoms with Crippen LogP contribution in [-0.2, 0) is 23.1 Å². The molecule has 0 spiro atoms. The number of hydrogen-bond donors (Lipinski definition) is 3. The molecule has 0 fully saturated rings. The number of aromatic amines is 1. The number of rotatable bonds is 8. The van der Waals surface area contributed by atoms with Crippen LogP contribution in [0.5, 0.6) is 0 Å². The van der Waals surface area contributed by atoms with E-state index < -0.39 is 22.9 Å². The summed E-state index contributed by atoms with van der Waals surface area (Å²) in [6.07, 6.45) is 1.36. The third kappa shape index (κ3) is 3.92. The van der Waals surface area contributed by atoms with E-state index >= 15 is 0 Å². The summed E-state index contributed by atoms with van der Waals surface area (Å²) in [5.41, 5.74) is 0.0259. The van der Waals surface area contributed by atoms with E-state index in [4.69, 9.17) is 0 Å². The Hall–Kier alpha value is -2.96. The Morgan fingerprint density at radius 3 is 2.33 bits per heavy atom. The van der Waals surface area contributed by atoms with Gasteiger partial charge in [-0.2, -0.15) is 5.10 Å². The number of benzene rings is 1. The van der Waals surface area contributed by atoms with E-state index in [1.807, 2.05) is 13.8 Å². The quantitative estimate of drug-likeness (QED) is 0.657. The highest BCUT2D eigenvalue weighted by atomic mass is 16.4. The number of aliphatic carboxylic acids is 1. The van der Waals surface area contributed by atoms with Crippen LogP contribution in [0.15, 0.2) is 35.1 Å². The highest BCUT2D eigenvalue weighted by Crippen LogP contribution is 2.28. The number of nitrogens with one attached hydrogen (secondary N) is 2. The fraction of sp³-hybridized carbons (Fsp3) is 0.400. The number of hydrogen-bond acceptors (Lipinski definition) is 4. The van der Waals surface area contributed by atoms with Crippen molar-refractivity contribution in [2.24, 2.45) is 0 Å². The molecule has 2 aromatic rings. The van der Waals surface area contributed by atoms with Crippen molar-refractivity contribution in [1.29, 1.82) is 0 Å². The van der Waals surface area contributed by atoms with E-state index in [0.717, 1.165) is 0 Å². The van der Waals surface area contributed by atoms with Gasteiger partial charge in [-0.05, 0) is 30.4 Å². The lowest BCUT2D eigenvalue weighted by atomic mass is 9.78. The summed E-state index contributed by atoms with van der Waals surface area (Å²) in [6.45, 7) is 5.39. The number of nitrogens with zero attached hydrogens (tertiary/aromatic N) is 1. The van der Waals surface area contributed by atoms with Crippen LogP contribution in [0.25, 0.3) is 0 Å². The number of H-pyrrole nitrogens is 1. The average Bonchev–Trinajstić information content (AvgIpc) is 2.68. The second-order valence-corrected chi connectivity index (χ2v) is 6.35. The largest absolute Gasteiger partial charge is 0.481 e. The van der Waals surface area contributed by atoms with Crippen LogP contribution < -0.4 is 10.9 Å². The van der Waals surface area contributed by atoms with Gasteiger partial charge in [-0.1, -0.05) is 51.1 Å². The third-order valence-corrected chi connectivity index (χ3v) is 4.98. The van der Waals surface area contributed by atoms with E-state index in [2.05, 4.69) is 15.5 Å². The molecule has 1 aromatic heterocycles. The third-order valence-electron chi connectivity index (χ3n) is 4.98. The smallest absolute Gasteiger partial charge is 0.315 e. The molecular weight excluding hydrogens is 346 g/mol. The summed E-state index contributed by atoms with van der Waals surface area (Å²) in [5.74, 6) is -1.61. The summed E-state index contributed by atoms with van der Waals surface area (Å²) in [4.78, 5) is 37.1. The molecule has 1 amide bonds. The molecule has 2 rings (SSSR count). The van der Waals surface area contributed by atoms with Crippen molar-refractivity contribution in [1.82, 2.24) is 15.5 Å². The van der Waals surface area contributed by atoms with E-state index in [0.29, 0.717) is 36.1 Å². The molecule has 7 heteroatoms. The van der Waals surface area contributed by atoms with Gasteiger partial charge < -0.3 is 10.4 Å². The zero-order chi connectivity index (χ0) is 20.0. The van der Waals surface area contributed by atoms with Gasteiger partial charge in [0.25, 0.3) is 11.5 Å². The first-order chi connectivity index (χ1) is 12.9. The van der Waals surface area contributed by atoms with E-state index in [1.165, 1.54) is 0 Å². The number of carboxylic acid groups (broad SMARTS) is 1. The Kier molecular flexibility index (Phi) is 6.50. The van der Waals surface area contributed by atoms with Crippen LogP contribution in [0.3, 0.4) is 0 Å². The number of carbonyl (C=O) groups is 2. The summed E-state index contributed by atoms with van der Waals surface area (Å²) in [6, 6.07) is 8.80. The zero-order valence-electron chi connectivity index (χ0n) is 15.8. The second-order valence-electron chi connectivity index (χ2n) is 6.35. The first kappa shape index (κ1) is 20.4. The predicted molar refractivity (Wildman–Crippen MR) is 102 cm³/mol. The predicted octanol–water partition coefficient (Wildman–Crippen LogP) is 2.06. The molecule has 1 heterocycles. The van der Waals surface area contributed by atoms with Crippen LogP contribution in [0.4, 0.5) is 0 Å². The van der Waals surface area contributed by atoms with Gasteiger partial charge in [0.05, 0.1) is 5.69 Å². The van der Waals surface area contributed by atoms with Crippen molar-refractivity contribution in [3.63, 3.8) is 0 Å². The monoisotopic (exact) mass is 371 g/mol. The minimum Gasteiger partial charge on any atom is -0.481 e. The summed E-state index contributed by atoms with van der Waals surface area (Å²) in [7, 11) is 0. The van der Waals surface area contributed by atoms with Crippen LogP contribution in [0.1, 0.15) is 54.4 Å². The lowest BCUT2D eigenvalue weighted by Crippen LogP contribution is -2.47. The Balaban J connectivity index is 2.38. The maximum Gasteiger partial charge on any atom is 0.315 e. The molecule has 0 radical (unpaired) electrons. The average molecular weight is 371 g/mol. The number of carboxylic acids is 1. The molecule has 7 nitrogen and oxygen atoms in total. The van der Waals surface area contributed by atoms with Gasteiger partial charge in [0.2, 0.25) is 0 Å². The fourth-order valence-electron chi connectivity index (χ4n) is 3.29.